The maximum atomic E-state index is 14.3. The van der Waals surface area contributed by atoms with Crippen LogP contribution in [0.25, 0.3) is 5.70 Å². The molecule has 3 aromatic rings. The highest BCUT2D eigenvalue weighted by atomic mass is 19.1. The monoisotopic (exact) mass is 455 g/mol. The number of nitrogens with one attached hydrogen (secondary N) is 1. The fourth-order valence-corrected chi connectivity index (χ4v) is 3.13. The Morgan fingerprint density at radius 3 is 2.73 bits per heavy atom. The summed E-state index contributed by atoms with van der Waals surface area (Å²) in [4.78, 5) is 12.6. The number of halogens is 2. The lowest BCUT2D eigenvalue weighted by Gasteiger charge is -2.24. The third-order valence-electron chi connectivity index (χ3n) is 4.85. The molecule has 174 valence electrons. The lowest BCUT2D eigenvalue weighted by atomic mass is 9.98. The van der Waals surface area contributed by atoms with E-state index in [9.17, 15) is 8.78 Å². The van der Waals surface area contributed by atoms with Gasteiger partial charge in [-0.2, -0.15) is 0 Å². The summed E-state index contributed by atoms with van der Waals surface area (Å²) in [6.45, 7) is 4.29. The van der Waals surface area contributed by atoms with Crippen molar-refractivity contribution in [1.82, 2.24) is 15.1 Å². The van der Waals surface area contributed by atoms with E-state index in [1.807, 2.05) is 13.8 Å². The molecular weight excluding hydrogens is 428 g/mol. The predicted octanol–water partition coefficient (Wildman–Crippen LogP) is 3.66. The van der Waals surface area contributed by atoms with Gasteiger partial charge in [-0.25, -0.2) is 18.7 Å². The average Bonchev–Trinajstić information content (AvgIpc) is 3.32. The molecule has 2 aromatic heterocycles. The van der Waals surface area contributed by atoms with Crippen LogP contribution in [0.1, 0.15) is 43.8 Å². The second-order valence-corrected chi connectivity index (χ2v) is 7.92. The number of hydrogen-bond donors (Lipinski definition) is 3. The van der Waals surface area contributed by atoms with Crippen molar-refractivity contribution in [2.75, 3.05) is 11.9 Å². The van der Waals surface area contributed by atoms with Crippen LogP contribution >= 0.6 is 0 Å². The normalized spacial score (nSPS) is 14.2. The molecule has 0 radical (unpaired) electrons. The van der Waals surface area contributed by atoms with E-state index in [2.05, 4.69) is 25.4 Å². The van der Waals surface area contributed by atoms with Crippen LogP contribution in [-0.2, 0) is 6.54 Å². The van der Waals surface area contributed by atoms with Crippen molar-refractivity contribution in [3.63, 3.8) is 0 Å². The van der Waals surface area contributed by atoms with Gasteiger partial charge in [-0.1, -0.05) is 36.7 Å². The van der Waals surface area contributed by atoms with Gasteiger partial charge in [0, 0.05) is 23.7 Å². The second kappa shape index (κ2) is 10.8. The molecule has 0 saturated heterocycles. The molecule has 10 heteroatoms. The lowest BCUT2D eigenvalue weighted by molar-refractivity contribution is 0.418. The molecule has 0 amide bonds. The third kappa shape index (κ3) is 6.66. The predicted molar refractivity (Wildman–Crippen MR) is 123 cm³/mol. The first-order valence-electron chi connectivity index (χ1n) is 10.5. The van der Waals surface area contributed by atoms with E-state index in [-0.39, 0.29) is 29.7 Å². The largest absolute Gasteiger partial charge is 0.396 e. The summed E-state index contributed by atoms with van der Waals surface area (Å²) in [5.74, 6) is -0.903. The van der Waals surface area contributed by atoms with Gasteiger partial charge < -0.3 is 21.3 Å². The molecule has 1 unspecified atom stereocenters. The number of aromatic nitrogens is 3. The van der Waals surface area contributed by atoms with Crippen LogP contribution in [0.4, 0.5) is 14.6 Å². The summed E-state index contributed by atoms with van der Waals surface area (Å²) in [6.07, 6.45) is 5.57. The summed E-state index contributed by atoms with van der Waals surface area (Å²) < 4.78 is 33.1. The molecule has 0 fully saturated rings. The summed E-state index contributed by atoms with van der Waals surface area (Å²) in [5, 5.41) is 6.81. The summed E-state index contributed by atoms with van der Waals surface area (Å²) in [5.41, 5.74) is 13.2. The molecule has 0 saturated carbocycles. The van der Waals surface area contributed by atoms with E-state index in [1.165, 1.54) is 18.4 Å². The maximum absolute atomic E-state index is 14.3. The van der Waals surface area contributed by atoms with Crippen molar-refractivity contribution < 1.29 is 13.3 Å². The first kappa shape index (κ1) is 24.0. The van der Waals surface area contributed by atoms with Gasteiger partial charge in [-0.3, -0.25) is 4.99 Å². The topological polar surface area (TPSA) is 128 Å². The van der Waals surface area contributed by atoms with E-state index in [4.69, 9.17) is 16.0 Å². The number of benzene rings is 1. The van der Waals surface area contributed by atoms with Crippen LogP contribution in [0.5, 0.6) is 0 Å². The second-order valence-electron chi connectivity index (χ2n) is 7.92. The average molecular weight is 456 g/mol. The SMILES string of the molecule is CCCC(C)(N)CNc1nc(C(N)=CC(=NCc2ccccc2F)c2ccon2)ncc1F. The molecule has 0 aliphatic heterocycles. The molecule has 3 rings (SSSR count). The van der Waals surface area contributed by atoms with Crippen molar-refractivity contribution in [3.05, 3.63) is 77.6 Å². The molecule has 1 aromatic carbocycles. The number of nitrogens with two attached hydrogens (primary N) is 2. The van der Waals surface area contributed by atoms with E-state index in [0.29, 0.717) is 23.5 Å². The van der Waals surface area contributed by atoms with Crippen molar-refractivity contribution in [3.8, 4) is 0 Å². The molecule has 0 aliphatic carbocycles. The standard InChI is InChI=1S/C23H27F2N7O/c1-3-9-23(2,27)14-30-21-17(25)13-29-22(31-21)18(26)11-20(19-8-10-33-32-19)28-12-15-6-4-5-7-16(15)24/h4-8,10-11,13H,3,9,12,14,26-27H2,1-2H3,(H,29,30,31). The van der Waals surface area contributed by atoms with E-state index < -0.39 is 11.4 Å². The molecule has 33 heavy (non-hydrogen) atoms. The van der Waals surface area contributed by atoms with Gasteiger partial charge in [0.05, 0.1) is 24.2 Å². The van der Waals surface area contributed by atoms with Gasteiger partial charge in [0.25, 0.3) is 0 Å². The van der Waals surface area contributed by atoms with Gasteiger partial charge >= 0.3 is 0 Å². The molecule has 0 aliphatic rings. The van der Waals surface area contributed by atoms with Gasteiger partial charge in [0.15, 0.2) is 17.5 Å². The quantitative estimate of drug-likeness (QED) is 0.398. The lowest BCUT2D eigenvalue weighted by Crippen LogP contribution is -2.43. The van der Waals surface area contributed by atoms with Crippen LogP contribution in [0.15, 0.2) is 58.4 Å². The number of rotatable bonds is 10. The van der Waals surface area contributed by atoms with E-state index in [1.54, 1.807) is 24.3 Å². The Balaban J connectivity index is 1.86. The van der Waals surface area contributed by atoms with Crippen LogP contribution < -0.4 is 16.8 Å². The van der Waals surface area contributed by atoms with E-state index in [0.717, 1.165) is 19.0 Å². The Morgan fingerprint density at radius 1 is 1.24 bits per heavy atom. The molecule has 2 heterocycles. The van der Waals surface area contributed by atoms with Crippen molar-refractivity contribution in [2.24, 2.45) is 16.5 Å². The smallest absolute Gasteiger partial charge is 0.183 e. The first-order chi connectivity index (χ1) is 15.8. The zero-order valence-corrected chi connectivity index (χ0v) is 18.6. The molecule has 8 nitrogen and oxygen atoms in total. The minimum atomic E-state index is -0.621. The third-order valence-corrected chi connectivity index (χ3v) is 4.85. The highest BCUT2D eigenvalue weighted by molar-refractivity contribution is 6.10. The minimum Gasteiger partial charge on any atom is -0.396 e. The van der Waals surface area contributed by atoms with Gasteiger partial charge in [-0.05, 0) is 25.5 Å². The highest BCUT2D eigenvalue weighted by Gasteiger charge is 2.19. The van der Waals surface area contributed by atoms with Gasteiger partial charge in [0.1, 0.15) is 17.8 Å². The Bertz CT molecular complexity index is 1130. The number of nitrogens with zero attached hydrogens (tertiary/aromatic N) is 4. The Morgan fingerprint density at radius 2 is 2.03 bits per heavy atom. The fourth-order valence-electron chi connectivity index (χ4n) is 3.13. The molecule has 0 spiro atoms. The molecule has 0 bridgehead atoms. The van der Waals surface area contributed by atoms with Crippen LogP contribution in [0, 0.1) is 11.6 Å². The first-order valence-corrected chi connectivity index (χ1v) is 10.5. The Hall–Kier alpha value is -3.66. The number of hydrogen-bond acceptors (Lipinski definition) is 8. The summed E-state index contributed by atoms with van der Waals surface area (Å²) in [7, 11) is 0. The van der Waals surface area contributed by atoms with Gasteiger partial charge in [-0.15, -0.1) is 0 Å². The Labute approximate surface area is 190 Å². The van der Waals surface area contributed by atoms with Crippen LogP contribution in [-0.4, -0.2) is 32.9 Å². The van der Waals surface area contributed by atoms with Crippen LogP contribution in [0.2, 0.25) is 0 Å². The number of anilines is 1. The number of allylic oxidation sites excluding steroid dienone is 1. The van der Waals surface area contributed by atoms with Gasteiger partial charge in [0.2, 0.25) is 0 Å². The van der Waals surface area contributed by atoms with Crippen molar-refractivity contribution in [2.45, 2.75) is 38.8 Å². The molecule has 1 atom stereocenters. The van der Waals surface area contributed by atoms with Crippen molar-refractivity contribution in [1.29, 1.82) is 0 Å². The van der Waals surface area contributed by atoms with E-state index >= 15 is 0 Å². The number of aliphatic imine (C=N–C) groups is 1. The van der Waals surface area contributed by atoms with Crippen molar-refractivity contribution >= 4 is 17.2 Å². The zero-order valence-electron chi connectivity index (χ0n) is 18.6. The summed E-state index contributed by atoms with van der Waals surface area (Å²) in [6, 6.07) is 7.92. The Kier molecular flexibility index (Phi) is 7.83. The minimum absolute atomic E-state index is 0.00425. The maximum Gasteiger partial charge on any atom is 0.183 e. The zero-order chi connectivity index (χ0) is 23.8. The summed E-state index contributed by atoms with van der Waals surface area (Å²) >= 11 is 0. The highest BCUT2D eigenvalue weighted by Crippen LogP contribution is 2.16. The van der Waals surface area contributed by atoms with Crippen LogP contribution in [0.3, 0.4) is 0 Å². The fraction of sp³-hybridized carbons (Fsp3) is 0.304. The molecular formula is C23H27F2N7O. The molecule has 5 N–H and O–H groups in total.